The van der Waals surface area contributed by atoms with E-state index in [4.69, 9.17) is 10.5 Å². The molecule has 9 heteroatoms. The lowest BCUT2D eigenvalue weighted by Crippen LogP contribution is -2.16. The van der Waals surface area contributed by atoms with Crippen LogP contribution in [0.5, 0.6) is 0 Å². The van der Waals surface area contributed by atoms with Crippen LogP contribution >= 0.6 is 11.5 Å². The minimum atomic E-state index is -4.26. The third-order valence-electron chi connectivity index (χ3n) is 1.89. The molecule has 0 aromatic carbocycles. The zero-order valence-electron chi connectivity index (χ0n) is 9.50. The molecule has 1 heterocycles. The molecule has 0 aliphatic carbocycles. The maximum Gasteiger partial charge on any atom is 0.390 e. The molecule has 18 heavy (non-hydrogen) atoms. The molecular formula is C9H12F3N3O2S. The molecule has 0 unspecified atom stereocenters. The smallest absolute Gasteiger partial charge is 0.390 e. The van der Waals surface area contributed by atoms with Crippen molar-refractivity contribution in [1.82, 2.24) is 4.37 Å². The van der Waals surface area contributed by atoms with Gasteiger partial charge in [-0.2, -0.15) is 17.5 Å². The molecule has 1 rings (SSSR count). The third kappa shape index (κ3) is 4.06. The Labute approximate surface area is 105 Å². The molecule has 1 aromatic rings. The quantitative estimate of drug-likeness (QED) is 0.811. The van der Waals surface area contributed by atoms with Crippen LogP contribution in [-0.2, 0) is 4.74 Å². The van der Waals surface area contributed by atoms with E-state index in [0.29, 0.717) is 0 Å². The molecule has 0 fully saturated rings. The molecular weight excluding hydrogens is 271 g/mol. The van der Waals surface area contributed by atoms with Crippen LogP contribution in [0.4, 0.5) is 24.0 Å². The van der Waals surface area contributed by atoms with Gasteiger partial charge in [0.1, 0.15) is 10.6 Å². The number of esters is 1. The molecule has 0 saturated heterocycles. The van der Waals surface area contributed by atoms with Gasteiger partial charge in [-0.3, -0.25) is 0 Å². The molecule has 3 N–H and O–H groups in total. The molecule has 0 atom stereocenters. The molecule has 0 radical (unpaired) electrons. The van der Waals surface area contributed by atoms with E-state index in [1.807, 2.05) is 0 Å². The molecule has 0 bridgehead atoms. The lowest BCUT2D eigenvalue weighted by atomic mass is 10.3. The number of alkyl halides is 3. The molecule has 5 nitrogen and oxygen atoms in total. The van der Waals surface area contributed by atoms with Crippen LogP contribution < -0.4 is 11.1 Å². The standard InChI is InChI=1S/C9H12F3N3O2S/c1-2-17-8(16)5-6(13)15-18-7(5)14-4-3-9(10,11)12/h14H,2-4H2,1H3,(H2,13,15). The van der Waals surface area contributed by atoms with Crippen LogP contribution in [0.3, 0.4) is 0 Å². The summed E-state index contributed by atoms with van der Waals surface area (Å²) in [5.41, 5.74) is 5.46. The molecule has 0 aliphatic heterocycles. The number of anilines is 2. The van der Waals surface area contributed by atoms with Crippen molar-refractivity contribution in [2.45, 2.75) is 19.5 Å². The minimum Gasteiger partial charge on any atom is -0.462 e. The number of nitrogens with zero attached hydrogens (tertiary/aromatic N) is 1. The average molecular weight is 283 g/mol. The van der Waals surface area contributed by atoms with Gasteiger partial charge < -0.3 is 15.8 Å². The summed E-state index contributed by atoms with van der Waals surface area (Å²) in [6.07, 6.45) is -5.26. The Balaban J connectivity index is 2.69. The predicted octanol–water partition coefficient (Wildman–Crippen LogP) is 2.27. The first-order chi connectivity index (χ1) is 8.35. The number of nitrogens with one attached hydrogen (secondary N) is 1. The summed E-state index contributed by atoms with van der Waals surface area (Å²) in [5.74, 6) is -0.744. The monoisotopic (exact) mass is 283 g/mol. The van der Waals surface area contributed by atoms with Crippen molar-refractivity contribution in [3.05, 3.63) is 5.56 Å². The Morgan fingerprint density at radius 3 is 2.78 bits per heavy atom. The van der Waals surface area contributed by atoms with Crippen molar-refractivity contribution in [3.8, 4) is 0 Å². The van der Waals surface area contributed by atoms with Crippen LogP contribution in [0.2, 0.25) is 0 Å². The predicted molar refractivity (Wildman–Crippen MR) is 61.6 cm³/mol. The summed E-state index contributed by atoms with van der Waals surface area (Å²) in [4.78, 5) is 11.5. The average Bonchev–Trinajstić information content (AvgIpc) is 2.58. The number of carbonyl (C=O) groups excluding carboxylic acids is 1. The van der Waals surface area contributed by atoms with Gasteiger partial charge in [0.25, 0.3) is 0 Å². The topological polar surface area (TPSA) is 77.2 Å². The zero-order valence-corrected chi connectivity index (χ0v) is 10.3. The normalized spacial score (nSPS) is 11.3. The number of carbonyl (C=O) groups is 1. The van der Waals surface area contributed by atoms with Crippen molar-refractivity contribution in [3.63, 3.8) is 0 Å². The fourth-order valence-electron chi connectivity index (χ4n) is 1.14. The van der Waals surface area contributed by atoms with Gasteiger partial charge in [0.2, 0.25) is 0 Å². The largest absolute Gasteiger partial charge is 0.462 e. The van der Waals surface area contributed by atoms with E-state index in [9.17, 15) is 18.0 Å². The highest BCUT2D eigenvalue weighted by molar-refractivity contribution is 7.11. The SMILES string of the molecule is CCOC(=O)c1c(N)nsc1NCCC(F)(F)F. The number of rotatable bonds is 5. The summed E-state index contributed by atoms with van der Waals surface area (Å²) in [5, 5.41) is 2.68. The Morgan fingerprint density at radius 2 is 2.22 bits per heavy atom. The van der Waals surface area contributed by atoms with Crippen LogP contribution in [0, 0.1) is 0 Å². The maximum atomic E-state index is 12.0. The first-order valence-electron chi connectivity index (χ1n) is 5.08. The van der Waals surface area contributed by atoms with Gasteiger partial charge in [0.15, 0.2) is 5.82 Å². The molecule has 0 spiro atoms. The van der Waals surface area contributed by atoms with Crippen molar-refractivity contribution in [2.24, 2.45) is 0 Å². The number of ether oxygens (including phenoxy) is 1. The van der Waals surface area contributed by atoms with Gasteiger partial charge in [-0.1, -0.05) is 0 Å². The highest BCUT2D eigenvalue weighted by atomic mass is 32.1. The summed E-state index contributed by atoms with van der Waals surface area (Å²) in [7, 11) is 0. The summed E-state index contributed by atoms with van der Waals surface area (Å²) >= 11 is 0.827. The Morgan fingerprint density at radius 1 is 1.56 bits per heavy atom. The van der Waals surface area contributed by atoms with Crippen LogP contribution in [0.25, 0.3) is 0 Å². The first-order valence-corrected chi connectivity index (χ1v) is 5.85. The van der Waals surface area contributed by atoms with E-state index in [-0.39, 0.29) is 29.5 Å². The highest BCUT2D eigenvalue weighted by Gasteiger charge is 2.27. The zero-order chi connectivity index (χ0) is 13.8. The Kier molecular flexibility index (Phi) is 4.76. The number of halogens is 3. The van der Waals surface area contributed by atoms with E-state index < -0.39 is 18.6 Å². The van der Waals surface area contributed by atoms with Gasteiger partial charge in [-0.05, 0) is 18.5 Å². The summed E-state index contributed by atoms with van der Waals surface area (Å²) < 4.78 is 44.4. The maximum absolute atomic E-state index is 12.0. The number of aromatic nitrogens is 1. The lowest BCUT2D eigenvalue weighted by molar-refractivity contribution is -0.131. The molecule has 0 aliphatic rings. The number of hydrogen-bond donors (Lipinski definition) is 2. The second-order valence-electron chi connectivity index (χ2n) is 3.28. The number of nitrogens with two attached hydrogens (primary N) is 1. The fourth-order valence-corrected chi connectivity index (χ4v) is 1.87. The number of hydrogen-bond acceptors (Lipinski definition) is 6. The van der Waals surface area contributed by atoms with E-state index in [0.717, 1.165) is 11.5 Å². The van der Waals surface area contributed by atoms with Crippen LogP contribution in [0.1, 0.15) is 23.7 Å². The summed E-state index contributed by atoms with van der Waals surface area (Å²) in [6, 6.07) is 0. The Bertz CT molecular complexity index is 420. The fraction of sp³-hybridized carbons (Fsp3) is 0.556. The van der Waals surface area contributed by atoms with Gasteiger partial charge in [-0.25, -0.2) is 4.79 Å². The third-order valence-corrected chi connectivity index (χ3v) is 2.71. The first kappa shape index (κ1) is 14.6. The van der Waals surface area contributed by atoms with E-state index >= 15 is 0 Å². The van der Waals surface area contributed by atoms with Gasteiger partial charge in [-0.15, -0.1) is 0 Å². The lowest BCUT2D eigenvalue weighted by Gasteiger charge is -2.08. The second kappa shape index (κ2) is 5.89. The van der Waals surface area contributed by atoms with E-state index in [2.05, 4.69) is 9.69 Å². The van der Waals surface area contributed by atoms with Crippen molar-refractivity contribution >= 4 is 28.3 Å². The highest BCUT2D eigenvalue weighted by Crippen LogP contribution is 2.28. The minimum absolute atomic E-state index is 0.0102. The molecule has 0 saturated carbocycles. The van der Waals surface area contributed by atoms with Crippen molar-refractivity contribution < 1.29 is 22.7 Å². The van der Waals surface area contributed by atoms with Crippen molar-refractivity contribution in [2.75, 3.05) is 24.2 Å². The van der Waals surface area contributed by atoms with Gasteiger partial charge in [0, 0.05) is 6.54 Å². The van der Waals surface area contributed by atoms with E-state index in [1.165, 1.54) is 0 Å². The molecule has 0 amide bonds. The van der Waals surface area contributed by atoms with Gasteiger partial charge >= 0.3 is 12.1 Å². The van der Waals surface area contributed by atoms with Crippen LogP contribution in [0.15, 0.2) is 0 Å². The number of nitrogen functional groups attached to an aromatic ring is 1. The van der Waals surface area contributed by atoms with Crippen LogP contribution in [-0.4, -0.2) is 29.7 Å². The molecule has 1 aromatic heterocycles. The Hall–Kier alpha value is -1.51. The summed E-state index contributed by atoms with van der Waals surface area (Å²) in [6.45, 7) is 1.41. The van der Waals surface area contributed by atoms with Crippen molar-refractivity contribution in [1.29, 1.82) is 0 Å². The molecule has 102 valence electrons. The second-order valence-corrected chi connectivity index (χ2v) is 4.06. The van der Waals surface area contributed by atoms with E-state index in [1.54, 1.807) is 6.92 Å². The van der Waals surface area contributed by atoms with Gasteiger partial charge in [0.05, 0.1) is 13.0 Å².